The number of hydrogen-bond donors (Lipinski definition) is 2. The summed E-state index contributed by atoms with van der Waals surface area (Å²) in [5.74, 6) is -1.43. The number of nitrogens with zero attached hydrogens (tertiary/aromatic N) is 3. The number of benzene rings is 2. The molecule has 2 N–H and O–H groups in total. The second-order valence-corrected chi connectivity index (χ2v) is 7.32. The summed E-state index contributed by atoms with van der Waals surface area (Å²) in [5.41, 5.74) is 2.59. The first kappa shape index (κ1) is 22.6. The average molecular weight is 437 g/mol. The van der Waals surface area contributed by atoms with Crippen LogP contribution in [0.2, 0.25) is 0 Å². The summed E-state index contributed by atoms with van der Waals surface area (Å²) in [7, 11) is 0. The number of halogens is 2. The molecule has 32 heavy (non-hydrogen) atoms. The summed E-state index contributed by atoms with van der Waals surface area (Å²) < 4.78 is 33.4. The first-order valence-electron chi connectivity index (χ1n) is 9.89. The fourth-order valence-electron chi connectivity index (χ4n) is 2.82. The molecular formula is C23H21F2N5O2. The number of H-pyrrole nitrogens is 1. The largest absolute Gasteiger partial charge is 0.490 e. The van der Waals surface area contributed by atoms with Crippen LogP contribution >= 0.6 is 0 Å². The Hall–Kier alpha value is -4.06. The van der Waals surface area contributed by atoms with Gasteiger partial charge in [0.2, 0.25) is 5.95 Å². The molecule has 0 radical (unpaired) electrons. The van der Waals surface area contributed by atoms with Gasteiger partial charge in [0.1, 0.15) is 17.4 Å². The van der Waals surface area contributed by atoms with Crippen LogP contribution in [0.25, 0.3) is 11.3 Å². The zero-order valence-corrected chi connectivity index (χ0v) is 17.5. The third-order valence-electron chi connectivity index (χ3n) is 4.43. The molecular weight excluding hydrogens is 416 g/mol. The second kappa shape index (κ2) is 10.3. The normalized spacial score (nSPS) is 11.0. The molecule has 0 fully saturated rings. The van der Waals surface area contributed by atoms with E-state index in [4.69, 9.17) is 4.74 Å². The highest BCUT2D eigenvalue weighted by atomic mass is 19.1. The topological polar surface area (TPSA) is 103 Å². The molecule has 0 saturated carbocycles. The number of nitrogens with one attached hydrogen (secondary N) is 2. The van der Waals surface area contributed by atoms with E-state index in [1.54, 1.807) is 30.3 Å². The number of rotatable bonds is 8. The predicted octanol–water partition coefficient (Wildman–Crippen LogP) is 4.46. The highest BCUT2D eigenvalue weighted by molar-refractivity contribution is 5.84. The molecule has 0 unspecified atom stereocenters. The first-order chi connectivity index (χ1) is 15.4. The molecule has 3 rings (SSSR count). The molecule has 1 aromatic heterocycles. The zero-order valence-electron chi connectivity index (χ0n) is 17.5. The predicted molar refractivity (Wildman–Crippen MR) is 118 cm³/mol. The lowest BCUT2D eigenvalue weighted by atomic mass is 10.1. The van der Waals surface area contributed by atoms with Gasteiger partial charge in [-0.2, -0.15) is 10.4 Å². The van der Waals surface area contributed by atoms with E-state index in [-0.39, 0.29) is 35.1 Å². The summed E-state index contributed by atoms with van der Waals surface area (Å²) in [5, 5.41) is 13.2. The van der Waals surface area contributed by atoms with Crippen LogP contribution in [0.4, 0.5) is 14.7 Å². The van der Waals surface area contributed by atoms with Crippen LogP contribution in [0, 0.1) is 28.9 Å². The molecule has 0 amide bonds. The van der Waals surface area contributed by atoms with E-state index < -0.39 is 17.2 Å². The number of anilines is 1. The van der Waals surface area contributed by atoms with Gasteiger partial charge in [-0.1, -0.05) is 44.2 Å². The van der Waals surface area contributed by atoms with Gasteiger partial charge in [-0.15, -0.1) is 0 Å². The lowest BCUT2D eigenvalue weighted by molar-refractivity contribution is 0.275. The van der Waals surface area contributed by atoms with E-state index in [9.17, 15) is 18.8 Å². The molecule has 1 heterocycles. The summed E-state index contributed by atoms with van der Waals surface area (Å²) in [6.45, 7) is 4.27. The van der Waals surface area contributed by atoms with Gasteiger partial charge in [-0.05, 0) is 18.4 Å². The second-order valence-electron chi connectivity index (χ2n) is 7.32. The van der Waals surface area contributed by atoms with Gasteiger partial charge in [0, 0.05) is 17.2 Å². The van der Waals surface area contributed by atoms with Crippen LogP contribution in [0.3, 0.4) is 0 Å². The van der Waals surface area contributed by atoms with Gasteiger partial charge < -0.3 is 4.74 Å². The molecule has 164 valence electrons. The molecule has 0 saturated heterocycles. The lowest BCUT2D eigenvalue weighted by Crippen LogP contribution is -2.16. The highest BCUT2D eigenvalue weighted by Gasteiger charge is 2.14. The number of ether oxygens (including phenoxy) is 1. The van der Waals surface area contributed by atoms with Crippen molar-refractivity contribution < 1.29 is 13.5 Å². The number of hydrazone groups is 1. The first-order valence-corrected chi connectivity index (χ1v) is 9.89. The quantitative estimate of drug-likeness (QED) is 0.400. The van der Waals surface area contributed by atoms with E-state index >= 15 is 0 Å². The third kappa shape index (κ3) is 5.55. The Kier molecular flexibility index (Phi) is 7.29. The molecule has 0 atom stereocenters. The van der Waals surface area contributed by atoms with E-state index in [2.05, 4.69) is 20.5 Å². The van der Waals surface area contributed by atoms with Crippen molar-refractivity contribution in [2.24, 2.45) is 11.0 Å². The Morgan fingerprint density at radius 2 is 2.03 bits per heavy atom. The Balaban J connectivity index is 1.87. The van der Waals surface area contributed by atoms with Gasteiger partial charge in [0.25, 0.3) is 5.56 Å². The fourth-order valence-corrected chi connectivity index (χ4v) is 2.82. The Morgan fingerprint density at radius 1 is 1.28 bits per heavy atom. The van der Waals surface area contributed by atoms with Crippen molar-refractivity contribution >= 4 is 12.2 Å². The minimum Gasteiger partial charge on any atom is -0.490 e. The molecule has 0 aliphatic heterocycles. The molecule has 0 bridgehead atoms. The van der Waals surface area contributed by atoms with Gasteiger partial charge in [0.15, 0.2) is 11.6 Å². The number of aromatic amines is 1. The van der Waals surface area contributed by atoms with E-state index in [1.165, 1.54) is 0 Å². The van der Waals surface area contributed by atoms with Crippen LogP contribution in [0.1, 0.15) is 31.4 Å². The van der Waals surface area contributed by atoms with Crippen LogP contribution in [0.15, 0.2) is 52.4 Å². The average Bonchev–Trinajstić information content (AvgIpc) is 2.75. The van der Waals surface area contributed by atoms with Crippen molar-refractivity contribution in [1.29, 1.82) is 5.26 Å². The molecule has 9 heteroatoms. The summed E-state index contributed by atoms with van der Waals surface area (Å²) in [6.07, 6.45) is 1.86. The SMILES string of the molecule is CC(C)CCOc1c(F)cc(F)cc1C=NNc1nc(-c2ccccc2)c(C#N)c(=O)[nH]1. The monoisotopic (exact) mass is 437 g/mol. The Bertz CT molecular complexity index is 1220. The van der Waals surface area contributed by atoms with Gasteiger partial charge in [-0.3, -0.25) is 9.78 Å². The smallest absolute Gasteiger partial charge is 0.270 e. The molecule has 0 spiro atoms. The maximum atomic E-state index is 14.2. The number of nitriles is 1. The summed E-state index contributed by atoms with van der Waals surface area (Å²) in [6, 6.07) is 12.4. The molecule has 0 aliphatic rings. The lowest BCUT2D eigenvalue weighted by Gasteiger charge is -2.11. The fraction of sp³-hybridized carbons (Fsp3) is 0.217. The van der Waals surface area contributed by atoms with Crippen molar-refractivity contribution in [3.05, 3.63) is 75.6 Å². The van der Waals surface area contributed by atoms with Crippen LogP contribution in [-0.2, 0) is 0 Å². The van der Waals surface area contributed by atoms with Gasteiger partial charge in [0.05, 0.1) is 18.5 Å². The molecule has 7 nitrogen and oxygen atoms in total. The van der Waals surface area contributed by atoms with Crippen LogP contribution < -0.4 is 15.7 Å². The maximum Gasteiger partial charge on any atom is 0.270 e. The van der Waals surface area contributed by atoms with Crippen molar-refractivity contribution in [3.63, 3.8) is 0 Å². The summed E-state index contributed by atoms with van der Waals surface area (Å²) in [4.78, 5) is 18.9. The third-order valence-corrected chi connectivity index (χ3v) is 4.43. The Morgan fingerprint density at radius 3 is 2.72 bits per heavy atom. The summed E-state index contributed by atoms with van der Waals surface area (Å²) >= 11 is 0. The number of hydrogen-bond acceptors (Lipinski definition) is 6. The Labute approximate surface area is 183 Å². The van der Waals surface area contributed by atoms with E-state index in [1.807, 2.05) is 19.9 Å². The van der Waals surface area contributed by atoms with Crippen LogP contribution in [-0.4, -0.2) is 22.8 Å². The van der Waals surface area contributed by atoms with Crippen molar-refractivity contribution in [2.75, 3.05) is 12.0 Å². The van der Waals surface area contributed by atoms with Crippen LogP contribution in [0.5, 0.6) is 5.75 Å². The van der Waals surface area contributed by atoms with Crippen molar-refractivity contribution in [3.8, 4) is 23.1 Å². The number of aromatic nitrogens is 2. The van der Waals surface area contributed by atoms with E-state index in [0.29, 0.717) is 17.9 Å². The van der Waals surface area contributed by atoms with Gasteiger partial charge in [-0.25, -0.2) is 19.2 Å². The van der Waals surface area contributed by atoms with Crippen molar-refractivity contribution in [1.82, 2.24) is 9.97 Å². The minimum absolute atomic E-state index is 0.0387. The van der Waals surface area contributed by atoms with E-state index in [0.717, 1.165) is 18.3 Å². The molecule has 0 aliphatic carbocycles. The zero-order chi connectivity index (χ0) is 23.1. The minimum atomic E-state index is -0.841. The molecule has 3 aromatic rings. The van der Waals surface area contributed by atoms with Gasteiger partial charge >= 0.3 is 0 Å². The standard InChI is InChI=1S/C23H21F2N5O2/c1-14(2)8-9-32-21-16(10-17(24)11-19(21)25)13-27-30-23-28-20(15-6-4-3-5-7-15)18(12-26)22(31)29-23/h3-7,10-11,13-14H,8-9H2,1-2H3,(H2,28,29,30,31). The maximum absolute atomic E-state index is 14.2. The highest BCUT2D eigenvalue weighted by Crippen LogP contribution is 2.24. The van der Waals surface area contributed by atoms with Crippen molar-refractivity contribution in [2.45, 2.75) is 20.3 Å². The molecule has 2 aromatic carbocycles.